The van der Waals surface area contributed by atoms with Crippen LogP contribution in [-0.4, -0.2) is 11.8 Å². The summed E-state index contributed by atoms with van der Waals surface area (Å²) in [6.07, 6.45) is 0. The lowest BCUT2D eigenvalue weighted by Gasteiger charge is -2.19. The van der Waals surface area contributed by atoms with Crippen LogP contribution in [0, 0.1) is 0 Å². The molecule has 0 radical (unpaired) electrons. The second kappa shape index (κ2) is 9.15. The molecule has 1 N–H and O–H groups in total. The number of hydrogen-bond acceptors (Lipinski definition) is 3. The highest BCUT2D eigenvalue weighted by Crippen LogP contribution is 2.17. The molecule has 3 heteroatoms. The summed E-state index contributed by atoms with van der Waals surface area (Å²) >= 11 is 0. The quantitative estimate of drug-likeness (QED) is 0.563. The number of rotatable bonds is 8. The molecule has 0 saturated carbocycles. The van der Waals surface area contributed by atoms with Crippen molar-refractivity contribution in [2.45, 2.75) is 32.5 Å². The van der Waals surface area contributed by atoms with Crippen molar-refractivity contribution in [3.8, 4) is 5.75 Å². The number of ketones is 1. The molecule has 1 unspecified atom stereocenters. The average molecular weight is 359 g/mol. The topological polar surface area (TPSA) is 38.3 Å². The van der Waals surface area contributed by atoms with Crippen LogP contribution in [0.2, 0.25) is 0 Å². The third-order valence-corrected chi connectivity index (χ3v) is 4.58. The van der Waals surface area contributed by atoms with Gasteiger partial charge < -0.3 is 10.1 Å². The van der Waals surface area contributed by atoms with Gasteiger partial charge in [0.25, 0.3) is 0 Å². The fraction of sp³-hybridized carbons (Fsp3) is 0.208. The molecule has 0 heterocycles. The van der Waals surface area contributed by atoms with E-state index in [4.69, 9.17) is 4.74 Å². The SMILES string of the molecule is CC(N[C@@H](C)c1ccccc1)C(=O)c1ccc(OCc2ccccc2)cc1. The number of ether oxygens (including phenoxy) is 1. The van der Waals surface area contributed by atoms with Gasteiger partial charge in [0.15, 0.2) is 5.78 Å². The Morgan fingerprint density at radius 1 is 0.852 bits per heavy atom. The van der Waals surface area contributed by atoms with Gasteiger partial charge in [0.1, 0.15) is 12.4 Å². The molecule has 0 aromatic heterocycles. The summed E-state index contributed by atoms with van der Waals surface area (Å²) in [6, 6.07) is 27.4. The van der Waals surface area contributed by atoms with Crippen LogP contribution in [-0.2, 0) is 6.61 Å². The molecule has 3 aromatic carbocycles. The molecule has 138 valence electrons. The Hall–Kier alpha value is -2.91. The van der Waals surface area contributed by atoms with Crippen LogP contribution in [0.1, 0.15) is 41.4 Å². The number of nitrogens with one attached hydrogen (secondary N) is 1. The summed E-state index contributed by atoms with van der Waals surface area (Å²) in [7, 11) is 0. The Morgan fingerprint density at radius 3 is 2.07 bits per heavy atom. The minimum Gasteiger partial charge on any atom is -0.489 e. The van der Waals surface area contributed by atoms with E-state index < -0.39 is 0 Å². The van der Waals surface area contributed by atoms with Gasteiger partial charge in [-0.05, 0) is 49.2 Å². The van der Waals surface area contributed by atoms with E-state index in [1.807, 2.05) is 79.7 Å². The van der Waals surface area contributed by atoms with Crippen LogP contribution in [0.5, 0.6) is 5.75 Å². The molecule has 0 bridgehead atoms. The molecule has 27 heavy (non-hydrogen) atoms. The van der Waals surface area contributed by atoms with E-state index in [2.05, 4.69) is 24.4 Å². The summed E-state index contributed by atoms with van der Waals surface area (Å²) in [5, 5.41) is 3.37. The van der Waals surface area contributed by atoms with Crippen LogP contribution in [0.3, 0.4) is 0 Å². The zero-order valence-electron chi connectivity index (χ0n) is 15.8. The van der Waals surface area contributed by atoms with Crippen molar-refractivity contribution in [3.63, 3.8) is 0 Å². The van der Waals surface area contributed by atoms with Crippen LogP contribution < -0.4 is 10.1 Å². The zero-order chi connectivity index (χ0) is 19.1. The minimum absolute atomic E-state index is 0.0763. The summed E-state index contributed by atoms with van der Waals surface area (Å²) in [6.45, 7) is 4.49. The lowest BCUT2D eigenvalue weighted by Crippen LogP contribution is -2.35. The fourth-order valence-electron chi connectivity index (χ4n) is 2.99. The van der Waals surface area contributed by atoms with E-state index in [-0.39, 0.29) is 17.9 Å². The van der Waals surface area contributed by atoms with Gasteiger partial charge >= 0.3 is 0 Å². The van der Waals surface area contributed by atoms with E-state index in [1.165, 1.54) is 5.56 Å². The number of carbonyl (C=O) groups is 1. The molecule has 3 nitrogen and oxygen atoms in total. The van der Waals surface area contributed by atoms with E-state index in [0.29, 0.717) is 12.2 Å². The predicted molar refractivity (Wildman–Crippen MR) is 109 cm³/mol. The van der Waals surface area contributed by atoms with E-state index >= 15 is 0 Å². The highest BCUT2D eigenvalue weighted by Gasteiger charge is 2.17. The molecule has 0 saturated heterocycles. The molecule has 0 fully saturated rings. The second-order valence-corrected chi connectivity index (χ2v) is 6.68. The molecule has 3 rings (SSSR count). The lowest BCUT2D eigenvalue weighted by molar-refractivity contribution is 0.0945. The first-order chi connectivity index (χ1) is 13.1. The van der Waals surface area contributed by atoms with Gasteiger partial charge in [-0.1, -0.05) is 60.7 Å². The van der Waals surface area contributed by atoms with Crippen LogP contribution in [0.15, 0.2) is 84.9 Å². The lowest BCUT2D eigenvalue weighted by atomic mass is 10.0. The summed E-state index contributed by atoms with van der Waals surface area (Å²) in [5.74, 6) is 0.834. The maximum atomic E-state index is 12.7. The van der Waals surface area contributed by atoms with Crippen molar-refractivity contribution < 1.29 is 9.53 Å². The van der Waals surface area contributed by atoms with Crippen molar-refractivity contribution >= 4 is 5.78 Å². The summed E-state index contributed by atoms with van der Waals surface area (Å²) < 4.78 is 5.78. The number of Topliss-reactive ketones (excluding diaryl/α,β-unsaturated/α-hetero) is 1. The van der Waals surface area contributed by atoms with Gasteiger partial charge in [0, 0.05) is 11.6 Å². The van der Waals surface area contributed by atoms with Gasteiger partial charge in [0.2, 0.25) is 0 Å². The van der Waals surface area contributed by atoms with Crippen molar-refractivity contribution in [3.05, 3.63) is 102 Å². The molecular formula is C24H25NO2. The number of carbonyl (C=O) groups excluding carboxylic acids is 1. The first kappa shape index (κ1) is 18.9. The third kappa shape index (κ3) is 5.28. The standard InChI is InChI=1S/C24H25NO2/c1-18(21-11-7-4-8-12-21)25-19(2)24(26)22-13-15-23(16-14-22)27-17-20-9-5-3-6-10-20/h3-16,18-19,25H,17H2,1-2H3/t18-,19?/m0/s1. The maximum absolute atomic E-state index is 12.7. The molecule has 2 atom stereocenters. The maximum Gasteiger partial charge on any atom is 0.179 e. The van der Waals surface area contributed by atoms with Crippen molar-refractivity contribution in [2.24, 2.45) is 0 Å². The number of benzene rings is 3. The minimum atomic E-state index is -0.267. The molecule has 0 aliphatic carbocycles. The molecule has 0 aliphatic rings. The predicted octanol–water partition coefficient (Wildman–Crippen LogP) is 5.19. The Labute approximate surface area is 161 Å². The summed E-state index contributed by atoms with van der Waals surface area (Å²) in [5.41, 5.74) is 2.97. The smallest absolute Gasteiger partial charge is 0.179 e. The van der Waals surface area contributed by atoms with E-state index in [9.17, 15) is 4.79 Å². The Balaban J connectivity index is 1.56. The van der Waals surface area contributed by atoms with Crippen LogP contribution >= 0.6 is 0 Å². The second-order valence-electron chi connectivity index (χ2n) is 6.68. The first-order valence-electron chi connectivity index (χ1n) is 9.25. The Bertz CT molecular complexity index is 845. The fourth-order valence-corrected chi connectivity index (χ4v) is 2.99. The number of hydrogen-bond donors (Lipinski definition) is 1. The van der Waals surface area contributed by atoms with Crippen molar-refractivity contribution in [1.29, 1.82) is 0 Å². The molecule has 0 amide bonds. The van der Waals surface area contributed by atoms with E-state index in [1.54, 1.807) is 0 Å². The highest BCUT2D eigenvalue weighted by molar-refractivity contribution is 5.99. The molecule has 3 aromatic rings. The van der Waals surface area contributed by atoms with Gasteiger partial charge in [-0.25, -0.2) is 0 Å². The molecular weight excluding hydrogens is 334 g/mol. The third-order valence-electron chi connectivity index (χ3n) is 4.58. The molecule has 0 aliphatic heterocycles. The molecule has 0 spiro atoms. The van der Waals surface area contributed by atoms with Gasteiger partial charge in [-0.3, -0.25) is 4.79 Å². The van der Waals surface area contributed by atoms with Crippen molar-refractivity contribution in [1.82, 2.24) is 5.32 Å². The van der Waals surface area contributed by atoms with E-state index in [0.717, 1.165) is 11.3 Å². The van der Waals surface area contributed by atoms with Gasteiger partial charge in [0.05, 0.1) is 6.04 Å². The van der Waals surface area contributed by atoms with Crippen molar-refractivity contribution in [2.75, 3.05) is 0 Å². The zero-order valence-corrected chi connectivity index (χ0v) is 15.8. The Morgan fingerprint density at radius 2 is 1.44 bits per heavy atom. The Kier molecular flexibility index (Phi) is 6.39. The first-order valence-corrected chi connectivity index (χ1v) is 9.25. The highest BCUT2D eigenvalue weighted by atomic mass is 16.5. The van der Waals surface area contributed by atoms with Gasteiger partial charge in [-0.2, -0.15) is 0 Å². The van der Waals surface area contributed by atoms with Gasteiger partial charge in [-0.15, -0.1) is 0 Å². The largest absolute Gasteiger partial charge is 0.489 e. The van der Waals surface area contributed by atoms with Crippen LogP contribution in [0.25, 0.3) is 0 Å². The monoisotopic (exact) mass is 359 g/mol. The summed E-state index contributed by atoms with van der Waals surface area (Å²) in [4.78, 5) is 12.7. The normalized spacial score (nSPS) is 13.0. The average Bonchev–Trinajstić information content (AvgIpc) is 2.73. The van der Waals surface area contributed by atoms with Crippen LogP contribution in [0.4, 0.5) is 0 Å².